The number of hydrogen-bond acceptors (Lipinski definition) is 5. The van der Waals surface area contributed by atoms with E-state index in [0.717, 1.165) is 18.7 Å². The third-order valence-electron chi connectivity index (χ3n) is 3.28. The average molecular weight is 296 g/mol. The molecule has 1 aliphatic heterocycles. The lowest BCUT2D eigenvalue weighted by Gasteiger charge is -2.34. The van der Waals surface area contributed by atoms with Gasteiger partial charge in [0.05, 0.1) is 30.9 Å². The molecule has 1 aromatic rings. The molecule has 1 fully saturated rings. The fraction of sp³-hybridized carbons (Fsp3) is 0.500. The predicted octanol–water partition coefficient (Wildman–Crippen LogP) is 1.45. The summed E-state index contributed by atoms with van der Waals surface area (Å²) >= 11 is 5.21. The first-order valence-corrected chi connectivity index (χ1v) is 7.11. The minimum absolute atomic E-state index is 0.124. The van der Waals surface area contributed by atoms with Crippen molar-refractivity contribution in [3.63, 3.8) is 0 Å². The molecule has 1 saturated heterocycles. The Kier molecular flexibility index (Phi) is 5.17. The molecule has 0 aromatic heterocycles. The smallest absolute Gasteiger partial charge is 0.161 e. The molecule has 20 heavy (non-hydrogen) atoms. The van der Waals surface area contributed by atoms with Crippen LogP contribution in [0.15, 0.2) is 18.2 Å². The molecule has 0 saturated carbocycles. The standard InChI is InChI=1S/C14H20N2O3S/c1-2-19-12-9-10(3-4-11(12)17)13(14(15)20)16-5-7-18-8-6-16/h3-4,9,13,17H,2,5-8H2,1H3,(H2,15,20). The Bertz CT molecular complexity index is 475. The Morgan fingerprint density at radius 1 is 1.50 bits per heavy atom. The third-order valence-corrected chi connectivity index (χ3v) is 3.50. The van der Waals surface area contributed by atoms with E-state index in [2.05, 4.69) is 4.90 Å². The highest BCUT2D eigenvalue weighted by Crippen LogP contribution is 2.32. The monoisotopic (exact) mass is 296 g/mol. The zero-order valence-corrected chi connectivity index (χ0v) is 12.4. The van der Waals surface area contributed by atoms with Crippen LogP contribution in [0.25, 0.3) is 0 Å². The van der Waals surface area contributed by atoms with Crippen molar-refractivity contribution < 1.29 is 14.6 Å². The Hall–Kier alpha value is -1.37. The molecule has 6 heteroatoms. The second-order valence-corrected chi connectivity index (χ2v) is 5.08. The zero-order chi connectivity index (χ0) is 14.5. The molecule has 1 aromatic carbocycles. The first-order chi connectivity index (χ1) is 9.63. The number of ether oxygens (including phenoxy) is 2. The van der Waals surface area contributed by atoms with Crippen molar-refractivity contribution in [2.75, 3.05) is 32.9 Å². The van der Waals surface area contributed by atoms with Crippen molar-refractivity contribution in [2.45, 2.75) is 13.0 Å². The highest BCUT2D eigenvalue weighted by atomic mass is 32.1. The molecule has 0 bridgehead atoms. The van der Waals surface area contributed by atoms with E-state index in [1.807, 2.05) is 13.0 Å². The minimum Gasteiger partial charge on any atom is -0.504 e. The van der Waals surface area contributed by atoms with Gasteiger partial charge < -0.3 is 20.3 Å². The second kappa shape index (κ2) is 6.88. The van der Waals surface area contributed by atoms with Gasteiger partial charge in [0.2, 0.25) is 0 Å². The summed E-state index contributed by atoms with van der Waals surface area (Å²) in [5, 5.41) is 9.77. The summed E-state index contributed by atoms with van der Waals surface area (Å²) < 4.78 is 10.8. The molecule has 0 amide bonds. The SMILES string of the molecule is CCOc1cc(C(C(N)=S)N2CCOCC2)ccc1O. The van der Waals surface area contributed by atoms with Gasteiger partial charge in [-0.1, -0.05) is 18.3 Å². The van der Waals surface area contributed by atoms with E-state index in [9.17, 15) is 5.11 Å². The summed E-state index contributed by atoms with van der Waals surface area (Å²) in [4.78, 5) is 2.61. The van der Waals surface area contributed by atoms with Crippen LogP contribution in [-0.4, -0.2) is 47.9 Å². The van der Waals surface area contributed by atoms with Crippen molar-refractivity contribution in [3.05, 3.63) is 23.8 Å². The fourth-order valence-corrected chi connectivity index (χ4v) is 2.65. The Morgan fingerprint density at radius 2 is 2.20 bits per heavy atom. The fourth-order valence-electron chi connectivity index (χ4n) is 2.36. The van der Waals surface area contributed by atoms with E-state index in [1.165, 1.54) is 0 Å². The maximum absolute atomic E-state index is 9.77. The van der Waals surface area contributed by atoms with Crippen molar-refractivity contribution in [1.82, 2.24) is 4.90 Å². The van der Waals surface area contributed by atoms with Crippen molar-refractivity contribution in [2.24, 2.45) is 5.73 Å². The van der Waals surface area contributed by atoms with Crippen LogP contribution >= 0.6 is 12.2 Å². The molecular formula is C14H20N2O3S. The van der Waals surface area contributed by atoms with Crippen molar-refractivity contribution in [3.8, 4) is 11.5 Å². The Labute approximate surface area is 124 Å². The predicted molar refractivity (Wildman–Crippen MR) is 81.2 cm³/mol. The second-order valence-electron chi connectivity index (χ2n) is 4.61. The molecule has 1 atom stereocenters. The molecule has 110 valence electrons. The number of nitrogens with zero attached hydrogens (tertiary/aromatic N) is 1. The van der Waals surface area contributed by atoms with Crippen molar-refractivity contribution in [1.29, 1.82) is 0 Å². The van der Waals surface area contributed by atoms with Crippen LogP contribution in [0.5, 0.6) is 11.5 Å². The van der Waals surface area contributed by atoms with Crippen LogP contribution in [-0.2, 0) is 4.74 Å². The molecule has 3 N–H and O–H groups in total. The van der Waals surface area contributed by atoms with E-state index >= 15 is 0 Å². The quantitative estimate of drug-likeness (QED) is 0.802. The van der Waals surface area contributed by atoms with Gasteiger partial charge in [0, 0.05) is 13.1 Å². The summed E-state index contributed by atoms with van der Waals surface area (Å²) in [6.07, 6.45) is 0. The van der Waals surface area contributed by atoms with Crippen LogP contribution in [0.2, 0.25) is 0 Å². The number of thiocarbonyl (C=S) groups is 1. The lowest BCUT2D eigenvalue weighted by Crippen LogP contribution is -2.43. The van der Waals surface area contributed by atoms with Gasteiger partial charge in [0.15, 0.2) is 11.5 Å². The van der Waals surface area contributed by atoms with Crippen LogP contribution in [0, 0.1) is 0 Å². The molecular weight excluding hydrogens is 276 g/mol. The molecule has 1 unspecified atom stereocenters. The normalized spacial score (nSPS) is 17.6. The summed E-state index contributed by atoms with van der Waals surface area (Å²) in [7, 11) is 0. The van der Waals surface area contributed by atoms with E-state index < -0.39 is 0 Å². The van der Waals surface area contributed by atoms with E-state index in [1.54, 1.807) is 12.1 Å². The average Bonchev–Trinajstić information content (AvgIpc) is 2.44. The highest BCUT2D eigenvalue weighted by Gasteiger charge is 2.25. The van der Waals surface area contributed by atoms with Crippen molar-refractivity contribution >= 4 is 17.2 Å². The largest absolute Gasteiger partial charge is 0.504 e. The summed E-state index contributed by atoms with van der Waals surface area (Å²) in [6.45, 7) is 5.29. The maximum atomic E-state index is 9.77. The van der Waals surface area contributed by atoms with E-state index in [-0.39, 0.29) is 11.8 Å². The number of phenolic OH excluding ortho intramolecular Hbond substituents is 1. The van der Waals surface area contributed by atoms with E-state index in [4.69, 9.17) is 27.4 Å². The number of phenols is 1. The van der Waals surface area contributed by atoms with Gasteiger partial charge in [-0.25, -0.2) is 0 Å². The summed E-state index contributed by atoms with van der Waals surface area (Å²) in [5.74, 6) is 0.582. The molecule has 1 heterocycles. The lowest BCUT2D eigenvalue weighted by molar-refractivity contribution is 0.0288. The maximum Gasteiger partial charge on any atom is 0.161 e. The first-order valence-electron chi connectivity index (χ1n) is 6.70. The van der Waals surface area contributed by atoms with Gasteiger partial charge in [-0.2, -0.15) is 0 Å². The van der Waals surface area contributed by atoms with E-state index in [0.29, 0.717) is 30.6 Å². The van der Waals surface area contributed by atoms with Crippen LogP contribution in [0.3, 0.4) is 0 Å². The summed E-state index contributed by atoms with van der Waals surface area (Å²) in [6, 6.07) is 5.09. The lowest BCUT2D eigenvalue weighted by atomic mass is 10.0. The molecule has 0 spiro atoms. The minimum atomic E-state index is -0.159. The Balaban J connectivity index is 2.28. The number of morpholine rings is 1. The molecule has 1 aliphatic rings. The van der Waals surface area contributed by atoms with Gasteiger partial charge in [-0.15, -0.1) is 0 Å². The van der Waals surface area contributed by atoms with Gasteiger partial charge in [0.25, 0.3) is 0 Å². The zero-order valence-electron chi connectivity index (χ0n) is 11.5. The number of rotatable bonds is 5. The van der Waals surface area contributed by atoms with Crippen LogP contribution in [0.1, 0.15) is 18.5 Å². The van der Waals surface area contributed by atoms with Crippen LogP contribution < -0.4 is 10.5 Å². The van der Waals surface area contributed by atoms with Gasteiger partial charge in [-0.05, 0) is 24.6 Å². The van der Waals surface area contributed by atoms with Crippen LogP contribution in [0.4, 0.5) is 0 Å². The number of hydrogen-bond donors (Lipinski definition) is 2. The van der Waals surface area contributed by atoms with Gasteiger partial charge in [0.1, 0.15) is 0 Å². The third kappa shape index (κ3) is 3.39. The topological polar surface area (TPSA) is 68.0 Å². The molecule has 2 rings (SSSR count). The Morgan fingerprint density at radius 3 is 2.80 bits per heavy atom. The number of benzene rings is 1. The van der Waals surface area contributed by atoms with Gasteiger partial charge >= 0.3 is 0 Å². The molecule has 0 radical (unpaired) electrons. The summed E-state index contributed by atoms with van der Waals surface area (Å²) in [5.41, 5.74) is 6.84. The van der Waals surface area contributed by atoms with Gasteiger partial charge in [-0.3, -0.25) is 4.90 Å². The highest BCUT2D eigenvalue weighted by molar-refractivity contribution is 7.80. The number of aromatic hydroxyl groups is 1. The molecule has 0 aliphatic carbocycles. The number of nitrogens with two attached hydrogens (primary N) is 1. The molecule has 5 nitrogen and oxygen atoms in total. The first kappa shape index (κ1) is 15.0.